The highest BCUT2D eigenvalue weighted by Crippen LogP contribution is 2.24. The van der Waals surface area contributed by atoms with Crippen molar-refractivity contribution in [2.45, 2.75) is 33.6 Å². The Balaban J connectivity index is 2.21. The molecule has 0 atom stereocenters. The van der Waals surface area contributed by atoms with E-state index in [9.17, 15) is 4.79 Å². The lowest BCUT2D eigenvalue weighted by Gasteiger charge is -2.08. The molecule has 0 aliphatic rings. The zero-order valence-electron chi connectivity index (χ0n) is 14.0. The van der Waals surface area contributed by atoms with Gasteiger partial charge in [-0.1, -0.05) is 13.3 Å². The van der Waals surface area contributed by atoms with Crippen LogP contribution in [0.3, 0.4) is 0 Å². The van der Waals surface area contributed by atoms with Crippen LogP contribution in [0.1, 0.15) is 37.9 Å². The number of fused-ring (bicyclic) bond motifs is 1. The Hall–Kier alpha value is -2.36. The molecule has 1 aromatic heterocycles. The van der Waals surface area contributed by atoms with Gasteiger partial charge in [-0.05, 0) is 56.2 Å². The minimum atomic E-state index is -0.355. The number of hydrogen-bond acceptors (Lipinski definition) is 4. The SMILES string of the molecule is CCCCOc1ccc2nc(/C=C/C(=O)OCC)cc(C)c2c1. The van der Waals surface area contributed by atoms with E-state index in [-0.39, 0.29) is 5.97 Å². The van der Waals surface area contributed by atoms with Crippen LogP contribution in [0, 0.1) is 6.92 Å². The Morgan fingerprint density at radius 3 is 2.83 bits per heavy atom. The Morgan fingerprint density at radius 2 is 2.09 bits per heavy atom. The van der Waals surface area contributed by atoms with Gasteiger partial charge in [-0.15, -0.1) is 0 Å². The Bertz CT molecular complexity index is 707. The predicted octanol–water partition coefficient (Wildman–Crippen LogP) is 4.30. The molecule has 23 heavy (non-hydrogen) atoms. The third-order valence-electron chi connectivity index (χ3n) is 3.45. The summed E-state index contributed by atoms with van der Waals surface area (Å²) in [6.07, 6.45) is 5.24. The van der Waals surface area contributed by atoms with Gasteiger partial charge in [0.2, 0.25) is 0 Å². The summed E-state index contributed by atoms with van der Waals surface area (Å²) in [4.78, 5) is 15.9. The maximum Gasteiger partial charge on any atom is 0.330 e. The van der Waals surface area contributed by atoms with Crippen molar-refractivity contribution in [2.75, 3.05) is 13.2 Å². The van der Waals surface area contributed by atoms with E-state index in [1.54, 1.807) is 13.0 Å². The number of pyridine rings is 1. The summed E-state index contributed by atoms with van der Waals surface area (Å²) in [5, 5.41) is 1.06. The third-order valence-corrected chi connectivity index (χ3v) is 3.45. The maximum absolute atomic E-state index is 11.4. The number of aryl methyl sites for hydroxylation is 1. The monoisotopic (exact) mass is 313 g/mol. The van der Waals surface area contributed by atoms with Gasteiger partial charge in [-0.2, -0.15) is 0 Å². The van der Waals surface area contributed by atoms with Crippen LogP contribution in [0.25, 0.3) is 17.0 Å². The van der Waals surface area contributed by atoms with Crippen LogP contribution in [-0.4, -0.2) is 24.2 Å². The van der Waals surface area contributed by atoms with Crippen molar-refractivity contribution in [3.63, 3.8) is 0 Å². The Kier molecular flexibility index (Phi) is 6.15. The molecule has 2 aromatic rings. The van der Waals surface area contributed by atoms with Gasteiger partial charge in [-0.25, -0.2) is 9.78 Å². The number of hydrogen-bond donors (Lipinski definition) is 0. The van der Waals surface area contributed by atoms with E-state index < -0.39 is 0 Å². The molecule has 1 aromatic carbocycles. The zero-order valence-corrected chi connectivity index (χ0v) is 14.0. The number of benzene rings is 1. The highest BCUT2D eigenvalue weighted by molar-refractivity contribution is 5.88. The largest absolute Gasteiger partial charge is 0.494 e. The number of rotatable bonds is 7. The molecule has 122 valence electrons. The van der Waals surface area contributed by atoms with E-state index in [2.05, 4.69) is 11.9 Å². The minimum Gasteiger partial charge on any atom is -0.494 e. The van der Waals surface area contributed by atoms with Gasteiger partial charge in [0.1, 0.15) is 5.75 Å². The molecule has 0 fully saturated rings. The molecular weight excluding hydrogens is 290 g/mol. The van der Waals surface area contributed by atoms with Crippen molar-refractivity contribution in [1.82, 2.24) is 4.98 Å². The zero-order chi connectivity index (χ0) is 16.7. The fourth-order valence-corrected chi connectivity index (χ4v) is 2.25. The predicted molar refractivity (Wildman–Crippen MR) is 92.6 cm³/mol. The van der Waals surface area contributed by atoms with Gasteiger partial charge in [0.05, 0.1) is 24.4 Å². The highest BCUT2D eigenvalue weighted by Gasteiger charge is 2.04. The summed E-state index contributed by atoms with van der Waals surface area (Å²) in [6, 6.07) is 7.86. The van der Waals surface area contributed by atoms with Crippen LogP contribution in [0.15, 0.2) is 30.3 Å². The van der Waals surface area contributed by atoms with Crippen molar-refractivity contribution in [2.24, 2.45) is 0 Å². The second kappa shape index (κ2) is 8.32. The summed E-state index contributed by atoms with van der Waals surface area (Å²) >= 11 is 0. The van der Waals surface area contributed by atoms with Crippen LogP contribution >= 0.6 is 0 Å². The Morgan fingerprint density at radius 1 is 1.26 bits per heavy atom. The van der Waals surface area contributed by atoms with Crippen molar-refractivity contribution < 1.29 is 14.3 Å². The molecule has 4 heteroatoms. The molecule has 0 unspecified atom stereocenters. The fraction of sp³-hybridized carbons (Fsp3) is 0.368. The first-order chi connectivity index (χ1) is 11.1. The maximum atomic E-state index is 11.4. The summed E-state index contributed by atoms with van der Waals surface area (Å²) in [6.45, 7) is 7.05. The lowest BCUT2D eigenvalue weighted by atomic mass is 10.1. The summed E-state index contributed by atoms with van der Waals surface area (Å²) < 4.78 is 10.6. The number of ether oxygens (including phenoxy) is 2. The first-order valence-electron chi connectivity index (χ1n) is 8.03. The summed E-state index contributed by atoms with van der Waals surface area (Å²) in [5.41, 5.74) is 2.72. The molecule has 0 aliphatic carbocycles. The number of unbranched alkanes of at least 4 members (excludes halogenated alkanes) is 1. The van der Waals surface area contributed by atoms with Crippen LogP contribution in [0.5, 0.6) is 5.75 Å². The van der Waals surface area contributed by atoms with E-state index in [4.69, 9.17) is 9.47 Å². The van der Waals surface area contributed by atoms with Gasteiger partial charge in [0.15, 0.2) is 0 Å². The van der Waals surface area contributed by atoms with Gasteiger partial charge in [0, 0.05) is 11.5 Å². The van der Waals surface area contributed by atoms with E-state index in [1.807, 2.05) is 31.2 Å². The molecule has 0 amide bonds. The number of carbonyl (C=O) groups is 1. The third kappa shape index (κ3) is 4.81. The topological polar surface area (TPSA) is 48.4 Å². The van der Waals surface area contributed by atoms with Gasteiger partial charge < -0.3 is 9.47 Å². The van der Waals surface area contributed by atoms with E-state index in [0.29, 0.717) is 6.61 Å². The number of esters is 1. The summed E-state index contributed by atoms with van der Waals surface area (Å²) in [5.74, 6) is 0.511. The van der Waals surface area contributed by atoms with Crippen molar-refractivity contribution >= 4 is 22.9 Å². The average Bonchev–Trinajstić information content (AvgIpc) is 2.54. The molecule has 0 spiro atoms. The molecule has 0 saturated heterocycles. The molecule has 0 aliphatic heterocycles. The molecule has 0 saturated carbocycles. The Labute approximate surface area is 137 Å². The second-order valence-corrected chi connectivity index (χ2v) is 5.33. The van der Waals surface area contributed by atoms with E-state index in [0.717, 1.165) is 47.4 Å². The molecule has 0 radical (unpaired) electrons. The van der Waals surface area contributed by atoms with Crippen molar-refractivity contribution in [3.05, 3.63) is 41.6 Å². The number of carbonyl (C=O) groups excluding carboxylic acids is 1. The molecular formula is C19H23NO3. The lowest BCUT2D eigenvalue weighted by molar-refractivity contribution is -0.137. The second-order valence-electron chi connectivity index (χ2n) is 5.33. The molecule has 1 heterocycles. The van der Waals surface area contributed by atoms with E-state index in [1.165, 1.54) is 6.08 Å². The molecule has 0 N–H and O–H groups in total. The van der Waals surface area contributed by atoms with Crippen molar-refractivity contribution in [3.8, 4) is 5.75 Å². The first kappa shape index (κ1) is 17.0. The van der Waals surface area contributed by atoms with Crippen LogP contribution in [0.2, 0.25) is 0 Å². The molecule has 2 rings (SSSR count). The average molecular weight is 313 g/mol. The number of nitrogens with zero attached hydrogens (tertiary/aromatic N) is 1. The smallest absolute Gasteiger partial charge is 0.330 e. The van der Waals surface area contributed by atoms with Crippen LogP contribution < -0.4 is 4.74 Å². The van der Waals surface area contributed by atoms with Crippen LogP contribution in [-0.2, 0) is 9.53 Å². The molecule has 0 bridgehead atoms. The number of aromatic nitrogens is 1. The standard InChI is InChI=1S/C19H23NO3/c1-4-6-11-23-16-8-9-18-17(13-16)14(3)12-15(20-18)7-10-19(21)22-5-2/h7-10,12-13H,4-6,11H2,1-3H3/b10-7+. The van der Waals surface area contributed by atoms with Crippen molar-refractivity contribution in [1.29, 1.82) is 0 Å². The lowest BCUT2D eigenvalue weighted by Crippen LogP contribution is -1.99. The van der Waals surface area contributed by atoms with Gasteiger partial charge >= 0.3 is 5.97 Å². The minimum absolute atomic E-state index is 0.355. The fourth-order valence-electron chi connectivity index (χ4n) is 2.25. The van der Waals surface area contributed by atoms with Gasteiger partial charge in [0.25, 0.3) is 0 Å². The quantitative estimate of drug-likeness (QED) is 0.434. The normalized spacial score (nSPS) is 11.1. The highest BCUT2D eigenvalue weighted by atomic mass is 16.5. The molecule has 4 nitrogen and oxygen atoms in total. The van der Waals surface area contributed by atoms with Gasteiger partial charge in [-0.3, -0.25) is 0 Å². The van der Waals surface area contributed by atoms with E-state index >= 15 is 0 Å². The summed E-state index contributed by atoms with van der Waals surface area (Å²) in [7, 11) is 0. The first-order valence-corrected chi connectivity index (χ1v) is 8.03. The van der Waals surface area contributed by atoms with Crippen LogP contribution in [0.4, 0.5) is 0 Å².